The summed E-state index contributed by atoms with van der Waals surface area (Å²) in [6.07, 6.45) is 1.11. The zero-order valence-corrected chi connectivity index (χ0v) is 16.3. The van der Waals surface area contributed by atoms with Crippen molar-refractivity contribution in [3.63, 3.8) is 0 Å². The number of nitrogens with one attached hydrogen (secondary N) is 1. The Balaban J connectivity index is 1.80. The quantitative estimate of drug-likeness (QED) is 0.826. The van der Waals surface area contributed by atoms with Gasteiger partial charge in [-0.05, 0) is 55.7 Å². The molecule has 3 rings (SSSR count). The molecule has 1 aliphatic heterocycles. The van der Waals surface area contributed by atoms with E-state index in [0.29, 0.717) is 47.8 Å². The average molecular weight is 400 g/mol. The van der Waals surface area contributed by atoms with E-state index in [4.69, 9.17) is 17.3 Å². The van der Waals surface area contributed by atoms with Crippen molar-refractivity contribution in [2.75, 3.05) is 18.4 Å². The minimum atomic E-state index is -0.320. The van der Waals surface area contributed by atoms with Gasteiger partial charge in [-0.2, -0.15) is 0 Å². The highest BCUT2D eigenvalue weighted by Crippen LogP contribution is 2.25. The Morgan fingerprint density at radius 1 is 1.07 bits per heavy atom. The molecule has 0 bridgehead atoms. The number of likely N-dealkylation sites (tertiary alicyclic amines) is 1. The van der Waals surface area contributed by atoms with E-state index in [1.165, 1.54) is 0 Å². The number of hydrogen-bond acceptors (Lipinski definition) is 3. The maximum Gasteiger partial charge on any atom is 0.256 e. The number of halogens is 1. The number of nitrogens with two attached hydrogens (primary N) is 1. The van der Waals surface area contributed by atoms with E-state index in [-0.39, 0.29) is 23.6 Å². The Morgan fingerprint density at radius 2 is 1.71 bits per heavy atom. The third-order valence-corrected chi connectivity index (χ3v) is 5.28. The van der Waals surface area contributed by atoms with Gasteiger partial charge in [0.15, 0.2) is 0 Å². The van der Waals surface area contributed by atoms with Gasteiger partial charge < -0.3 is 16.0 Å². The summed E-state index contributed by atoms with van der Waals surface area (Å²) in [4.78, 5) is 38.8. The van der Waals surface area contributed by atoms with Gasteiger partial charge in [0, 0.05) is 29.6 Å². The number of piperidine rings is 1. The maximum absolute atomic E-state index is 13.1. The SMILES string of the molecule is Cc1cccc(NC(=O)c2ccc(Cl)cc2)c1C(=O)N1CCC(C(N)=O)CC1. The maximum atomic E-state index is 13.1. The average Bonchev–Trinajstić information content (AvgIpc) is 2.68. The first-order valence-corrected chi connectivity index (χ1v) is 9.49. The topological polar surface area (TPSA) is 92.5 Å². The number of carbonyl (C=O) groups excluding carboxylic acids is 3. The Morgan fingerprint density at radius 3 is 2.32 bits per heavy atom. The van der Waals surface area contributed by atoms with Crippen molar-refractivity contribution in [1.29, 1.82) is 0 Å². The van der Waals surface area contributed by atoms with Crippen molar-refractivity contribution in [2.24, 2.45) is 11.7 Å². The molecule has 3 N–H and O–H groups in total. The first kappa shape index (κ1) is 19.9. The summed E-state index contributed by atoms with van der Waals surface area (Å²) in [6.45, 7) is 2.76. The van der Waals surface area contributed by atoms with Gasteiger partial charge >= 0.3 is 0 Å². The van der Waals surface area contributed by atoms with Crippen LogP contribution in [0.4, 0.5) is 5.69 Å². The van der Waals surface area contributed by atoms with Gasteiger partial charge in [-0.15, -0.1) is 0 Å². The number of anilines is 1. The van der Waals surface area contributed by atoms with Crippen LogP contribution in [0.2, 0.25) is 5.02 Å². The van der Waals surface area contributed by atoms with E-state index in [0.717, 1.165) is 5.56 Å². The van der Waals surface area contributed by atoms with Crippen molar-refractivity contribution in [1.82, 2.24) is 4.90 Å². The van der Waals surface area contributed by atoms with E-state index in [1.807, 2.05) is 13.0 Å². The molecule has 0 aromatic heterocycles. The molecule has 1 heterocycles. The summed E-state index contributed by atoms with van der Waals surface area (Å²) in [5.41, 5.74) is 7.51. The van der Waals surface area contributed by atoms with E-state index >= 15 is 0 Å². The zero-order valence-electron chi connectivity index (χ0n) is 15.6. The Bertz CT molecular complexity index is 904. The third-order valence-electron chi connectivity index (χ3n) is 5.03. The molecule has 1 fully saturated rings. The highest BCUT2D eigenvalue weighted by molar-refractivity contribution is 6.30. The Kier molecular flexibility index (Phi) is 5.99. The lowest BCUT2D eigenvalue weighted by Gasteiger charge is -2.31. The predicted octanol–water partition coefficient (Wildman–Crippen LogP) is 3.24. The van der Waals surface area contributed by atoms with Gasteiger partial charge in [0.25, 0.3) is 11.8 Å². The summed E-state index contributed by atoms with van der Waals surface area (Å²) in [5.74, 6) is -0.986. The molecule has 0 spiro atoms. The normalized spacial score (nSPS) is 14.6. The molecule has 146 valence electrons. The molecule has 3 amide bonds. The molecule has 7 heteroatoms. The first-order chi connectivity index (χ1) is 13.4. The summed E-state index contributed by atoms with van der Waals surface area (Å²) < 4.78 is 0. The van der Waals surface area contributed by atoms with Crippen LogP contribution in [0.5, 0.6) is 0 Å². The largest absolute Gasteiger partial charge is 0.369 e. The van der Waals surface area contributed by atoms with Crippen LogP contribution in [0.3, 0.4) is 0 Å². The summed E-state index contributed by atoms with van der Waals surface area (Å²) in [7, 11) is 0. The number of rotatable bonds is 4. The van der Waals surface area contributed by atoms with Crippen molar-refractivity contribution < 1.29 is 14.4 Å². The summed E-state index contributed by atoms with van der Waals surface area (Å²) in [5, 5.41) is 3.37. The fraction of sp³-hybridized carbons (Fsp3) is 0.286. The lowest BCUT2D eigenvalue weighted by molar-refractivity contribution is -0.123. The molecule has 0 radical (unpaired) electrons. The van der Waals surface area contributed by atoms with E-state index in [9.17, 15) is 14.4 Å². The second-order valence-electron chi connectivity index (χ2n) is 6.93. The molecule has 2 aromatic carbocycles. The minimum Gasteiger partial charge on any atom is -0.369 e. The Hall–Kier alpha value is -2.86. The molecule has 1 saturated heterocycles. The van der Waals surface area contributed by atoms with Gasteiger partial charge in [0.1, 0.15) is 0 Å². The molecule has 0 aliphatic carbocycles. The predicted molar refractivity (Wildman–Crippen MR) is 108 cm³/mol. The standard InChI is InChI=1S/C21H22ClN3O3/c1-13-3-2-4-17(24-20(27)15-5-7-16(22)8-6-15)18(13)21(28)25-11-9-14(10-12-25)19(23)26/h2-8,14H,9-12H2,1H3,(H2,23,26)(H,24,27). The molecular formula is C21H22ClN3O3. The minimum absolute atomic E-state index is 0.160. The highest BCUT2D eigenvalue weighted by atomic mass is 35.5. The van der Waals surface area contributed by atoms with Crippen molar-refractivity contribution in [2.45, 2.75) is 19.8 Å². The summed E-state index contributed by atoms with van der Waals surface area (Å²) >= 11 is 5.87. The molecule has 1 aliphatic rings. The van der Waals surface area contributed by atoms with Crippen LogP contribution >= 0.6 is 11.6 Å². The van der Waals surface area contributed by atoms with E-state index in [2.05, 4.69) is 5.32 Å². The van der Waals surface area contributed by atoms with Crippen LogP contribution in [0.1, 0.15) is 39.1 Å². The fourth-order valence-corrected chi connectivity index (χ4v) is 3.50. The van der Waals surface area contributed by atoms with Gasteiger partial charge in [-0.25, -0.2) is 0 Å². The van der Waals surface area contributed by atoms with Gasteiger partial charge in [0.05, 0.1) is 11.3 Å². The number of aryl methyl sites for hydroxylation is 1. The van der Waals surface area contributed by atoms with Crippen LogP contribution in [0, 0.1) is 12.8 Å². The van der Waals surface area contributed by atoms with Crippen molar-refractivity contribution in [3.05, 3.63) is 64.2 Å². The molecule has 28 heavy (non-hydrogen) atoms. The Labute approximate surface area is 168 Å². The van der Waals surface area contributed by atoms with Crippen molar-refractivity contribution in [3.8, 4) is 0 Å². The monoisotopic (exact) mass is 399 g/mol. The zero-order chi connectivity index (χ0) is 20.3. The number of nitrogens with zero attached hydrogens (tertiary/aromatic N) is 1. The van der Waals surface area contributed by atoms with Crippen LogP contribution in [0.15, 0.2) is 42.5 Å². The fourth-order valence-electron chi connectivity index (χ4n) is 3.38. The number of amides is 3. The molecule has 0 saturated carbocycles. The molecule has 0 unspecified atom stereocenters. The smallest absolute Gasteiger partial charge is 0.256 e. The summed E-state index contributed by atoms with van der Waals surface area (Å²) in [6, 6.07) is 11.9. The molecule has 2 aromatic rings. The van der Waals surface area contributed by atoms with Gasteiger partial charge in [-0.1, -0.05) is 23.7 Å². The molecule has 6 nitrogen and oxygen atoms in total. The third kappa shape index (κ3) is 4.34. The van der Waals surface area contributed by atoms with Crippen molar-refractivity contribution >= 4 is 35.0 Å². The first-order valence-electron chi connectivity index (χ1n) is 9.12. The van der Waals surface area contributed by atoms with E-state index in [1.54, 1.807) is 41.3 Å². The van der Waals surface area contributed by atoms with Gasteiger partial charge in [-0.3, -0.25) is 14.4 Å². The number of carbonyl (C=O) groups is 3. The van der Waals surface area contributed by atoms with Crippen LogP contribution in [-0.2, 0) is 4.79 Å². The second-order valence-corrected chi connectivity index (χ2v) is 7.36. The van der Waals surface area contributed by atoms with Crippen LogP contribution in [0.25, 0.3) is 0 Å². The highest BCUT2D eigenvalue weighted by Gasteiger charge is 2.28. The van der Waals surface area contributed by atoms with E-state index < -0.39 is 0 Å². The lowest BCUT2D eigenvalue weighted by atomic mass is 9.95. The lowest BCUT2D eigenvalue weighted by Crippen LogP contribution is -2.42. The second kappa shape index (κ2) is 8.44. The number of benzene rings is 2. The van der Waals surface area contributed by atoms with Gasteiger partial charge in [0.2, 0.25) is 5.91 Å². The number of primary amides is 1. The number of hydrogen-bond donors (Lipinski definition) is 2. The van der Waals surface area contributed by atoms with Crippen LogP contribution < -0.4 is 11.1 Å². The molecule has 0 atom stereocenters. The molecular weight excluding hydrogens is 378 g/mol. The van der Waals surface area contributed by atoms with Crippen LogP contribution in [-0.4, -0.2) is 35.7 Å².